The molecule has 0 radical (unpaired) electrons. The maximum absolute atomic E-state index is 12.4. The van der Waals surface area contributed by atoms with E-state index in [0.29, 0.717) is 12.7 Å². The molecule has 1 rings (SSSR count). The lowest BCUT2D eigenvalue weighted by Crippen LogP contribution is -2.23. The van der Waals surface area contributed by atoms with Crippen LogP contribution in [-0.2, 0) is 11.2 Å². The summed E-state index contributed by atoms with van der Waals surface area (Å²) in [6.45, 7) is 0. The molecule has 1 unspecified atom stereocenters. The maximum atomic E-state index is 12.4. The van der Waals surface area contributed by atoms with E-state index in [1.165, 1.54) is 12.1 Å². The molecule has 2 N–H and O–H groups in total. The van der Waals surface area contributed by atoms with Crippen LogP contribution >= 0.6 is 0 Å². The molecule has 1 aromatic carbocycles. The van der Waals surface area contributed by atoms with Crippen molar-refractivity contribution in [2.24, 2.45) is 5.73 Å². The summed E-state index contributed by atoms with van der Waals surface area (Å²) in [6.07, 6.45) is 1.15. The Balaban J connectivity index is 2.64. The van der Waals surface area contributed by atoms with Crippen LogP contribution in [0.15, 0.2) is 24.3 Å². The molecule has 0 aromatic heterocycles. The van der Waals surface area contributed by atoms with Gasteiger partial charge in [0.2, 0.25) is 0 Å². The zero-order chi connectivity index (χ0) is 8.97. The summed E-state index contributed by atoms with van der Waals surface area (Å²) in [5, 5.41) is 0. The van der Waals surface area contributed by atoms with E-state index in [1.54, 1.807) is 12.1 Å². The minimum absolute atomic E-state index is 0.279. The van der Waals surface area contributed by atoms with Gasteiger partial charge in [-0.2, -0.15) is 0 Å². The van der Waals surface area contributed by atoms with Gasteiger partial charge in [0.25, 0.3) is 0 Å². The standard InChI is InChI=1S/C9H10FNO/c10-8-3-1-7(2-4-8)5-9(11)6-12/h1-4,6,9H,5,11H2. The number of rotatable bonds is 3. The average Bonchev–Trinajstić information content (AvgIpc) is 2.09. The van der Waals surface area contributed by atoms with Crippen molar-refractivity contribution in [1.29, 1.82) is 0 Å². The molecule has 0 saturated carbocycles. The van der Waals surface area contributed by atoms with E-state index < -0.39 is 6.04 Å². The Morgan fingerprint density at radius 2 is 2.00 bits per heavy atom. The van der Waals surface area contributed by atoms with E-state index in [4.69, 9.17) is 5.73 Å². The molecule has 0 saturated heterocycles. The average molecular weight is 167 g/mol. The van der Waals surface area contributed by atoms with Gasteiger partial charge in [0.05, 0.1) is 6.04 Å². The van der Waals surface area contributed by atoms with Crippen molar-refractivity contribution in [3.63, 3.8) is 0 Å². The van der Waals surface area contributed by atoms with Gasteiger partial charge in [-0.15, -0.1) is 0 Å². The zero-order valence-electron chi connectivity index (χ0n) is 6.53. The van der Waals surface area contributed by atoms with Crippen molar-refractivity contribution in [2.75, 3.05) is 0 Å². The molecule has 0 aliphatic carbocycles. The maximum Gasteiger partial charge on any atom is 0.137 e. The second kappa shape index (κ2) is 3.97. The molecule has 0 aliphatic rings. The molecule has 0 spiro atoms. The van der Waals surface area contributed by atoms with Gasteiger partial charge >= 0.3 is 0 Å². The van der Waals surface area contributed by atoms with Crippen molar-refractivity contribution < 1.29 is 9.18 Å². The lowest BCUT2D eigenvalue weighted by molar-refractivity contribution is -0.108. The van der Waals surface area contributed by atoms with Crippen LogP contribution in [0.2, 0.25) is 0 Å². The third kappa shape index (κ3) is 2.43. The van der Waals surface area contributed by atoms with Crippen LogP contribution in [0.5, 0.6) is 0 Å². The Labute approximate surface area is 70.2 Å². The van der Waals surface area contributed by atoms with Crippen LogP contribution in [0.25, 0.3) is 0 Å². The fourth-order valence-corrected chi connectivity index (χ4v) is 0.941. The second-order valence-electron chi connectivity index (χ2n) is 2.63. The highest BCUT2D eigenvalue weighted by Crippen LogP contribution is 2.03. The van der Waals surface area contributed by atoms with Crippen molar-refractivity contribution in [3.8, 4) is 0 Å². The second-order valence-corrected chi connectivity index (χ2v) is 2.63. The van der Waals surface area contributed by atoms with Crippen LogP contribution in [0, 0.1) is 5.82 Å². The van der Waals surface area contributed by atoms with Crippen LogP contribution in [0.3, 0.4) is 0 Å². The molecule has 1 aromatic rings. The molecule has 0 heterocycles. The van der Waals surface area contributed by atoms with Crippen LogP contribution in [-0.4, -0.2) is 12.3 Å². The quantitative estimate of drug-likeness (QED) is 0.679. The third-order valence-corrected chi connectivity index (χ3v) is 1.56. The summed E-state index contributed by atoms with van der Waals surface area (Å²) >= 11 is 0. The van der Waals surface area contributed by atoms with Gasteiger partial charge in [-0.25, -0.2) is 4.39 Å². The Hall–Kier alpha value is -1.22. The third-order valence-electron chi connectivity index (χ3n) is 1.56. The number of carbonyl (C=O) groups is 1. The van der Waals surface area contributed by atoms with E-state index in [2.05, 4.69) is 0 Å². The van der Waals surface area contributed by atoms with Gasteiger partial charge in [0, 0.05) is 0 Å². The first-order chi connectivity index (χ1) is 5.72. The summed E-state index contributed by atoms with van der Waals surface area (Å²) in [5.74, 6) is -0.279. The van der Waals surface area contributed by atoms with Gasteiger partial charge in [-0.1, -0.05) is 12.1 Å². The highest BCUT2D eigenvalue weighted by atomic mass is 19.1. The molecule has 64 valence electrons. The van der Waals surface area contributed by atoms with E-state index in [1.807, 2.05) is 0 Å². The monoisotopic (exact) mass is 167 g/mol. The molecule has 0 bridgehead atoms. The first-order valence-electron chi connectivity index (χ1n) is 3.67. The smallest absolute Gasteiger partial charge is 0.137 e. The van der Waals surface area contributed by atoms with Gasteiger partial charge in [0.1, 0.15) is 12.1 Å². The Kier molecular flexibility index (Phi) is 2.94. The van der Waals surface area contributed by atoms with Gasteiger partial charge in [0.15, 0.2) is 0 Å². The molecule has 0 aliphatic heterocycles. The van der Waals surface area contributed by atoms with Crippen LogP contribution in [0.1, 0.15) is 5.56 Å². The fourth-order valence-electron chi connectivity index (χ4n) is 0.941. The SMILES string of the molecule is NC(C=O)Cc1ccc(F)cc1. The number of carbonyl (C=O) groups excluding carboxylic acids is 1. The fraction of sp³-hybridized carbons (Fsp3) is 0.222. The molecular weight excluding hydrogens is 157 g/mol. The molecule has 3 heteroatoms. The van der Waals surface area contributed by atoms with E-state index >= 15 is 0 Å². The minimum Gasteiger partial charge on any atom is -0.321 e. The number of halogens is 1. The highest BCUT2D eigenvalue weighted by Gasteiger charge is 2.01. The van der Waals surface area contributed by atoms with Crippen LogP contribution in [0.4, 0.5) is 4.39 Å². The summed E-state index contributed by atoms with van der Waals surface area (Å²) < 4.78 is 12.4. The van der Waals surface area contributed by atoms with Crippen molar-refractivity contribution in [3.05, 3.63) is 35.6 Å². The van der Waals surface area contributed by atoms with Crippen molar-refractivity contribution in [2.45, 2.75) is 12.5 Å². The molecule has 0 fully saturated rings. The summed E-state index contributed by atoms with van der Waals surface area (Å²) in [4.78, 5) is 10.2. The minimum atomic E-state index is -0.490. The lowest BCUT2D eigenvalue weighted by Gasteiger charge is -2.02. The summed E-state index contributed by atoms with van der Waals surface area (Å²) in [5.41, 5.74) is 6.25. The van der Waals surface area contributed by atoms with Crippen molar-refractivity contribution >= 4 is 6.29 Å². The first-order valence-corrected chi connectivity index (χ1v) is 3.67. The summed E-state index contributed by atoms with van der Waals surface area (Å²) in [6, 6.07) is 5.47. The Morgan fingerprint density at radius 3 is 2.50 bits per heavy atom. The van der Waals surface area contributed by atoms with Crippen molar-refractivity contribution in [1.82, 2.24) is 0 Å². The number of nitrogens with two attached hydrogens (primary N) is 1. The van der Waals surface area contributed by atoms with E-state index in [-0.39, 0.29) is 5.82 Å². The van der Waals surface area contributed by atoms with E-state index in [9.17, 15) is 9.18 Å². The molecule has 12 heavy (non-hydrogen) atoms. The molecule has 2 nitrogen and oxygen atoms in total. The number of hydrogen-bond donors (Lipinski definition) is 1. The molecule has 0 amide bonds. The first kappa shape index (κ1) is 8.87. The van der Waals surface area contributed by atoms with E-state index in [0.717, 1.165) is 5.56 Å². The lowest BCUT2D eigenvalue weighted by atomic mass is 10.1. The Morgan fingerprint density at radius 1 is 1.42 bits per heavy atom. The molecule has 1 atom stereocenters. The number of benzene rings is 1. The number of hydrogen-bond acceptors (Lipinski definition) is 2. The van der Waals surface area contributed by atoms with Gasteiger partial charge < -0.3 is 10.5 Å². The van der Waals surface area contributed by atoms with Gasteiger partial charge in [-0.3, -0.25) is 0 Å². The largest absolute Gasteiger partial charge is 0.321 e. The highest BCUT2D eigenvalue weighted by molar-refractivity contribution is 5.57. The Bertz CT molecular complexity index is 258. The topological polar surface area (TPSA) is 43.1 Å². The predicted molar refractivity (Wildman–Crippen MR) is 44.1 cm³/mol. The predicted octanol–water partition coefficient (Wildman–Crippen LogP) is 0.894. The summed E-state index contributed by atoms with van der Waals surface area (Å²) in [7, 11) is 0. The zero-order valence-corrected chi connectivity index (χ0v) is 6.53. The normalized spacial score (nSPS) is 12.5. The van der Waals surface area contributed by atoms with Crippen LogP contribution < -0.4 is 5.73 Å². The van der Waals surface area contributed by atoms with Gasteiger partial charge in [-0.05, 0) is 24.1 Å². The number of aldehydes is 1. The molecular formula is C9H10FNO.